The summed E-state index contributed by atoms with van der Waals surface area (Å²) in [5.74, 6) is -0.351. The zero-order valence-corrected chi connectivity index (χ0v) is 13.2. The van der Waals surface area contributed by atoms with Crippen molar-refractivity contribution >= 4 is 62.3 Å². The summed E-state index contributed by atoms with van der Waals surface area (Å²) in [6.07, 6.45) is 0. The topological polar surface area (TPSA) is 29.1 Å². The van der Waals surface area contributed by atoms with Gasteiger partial charge < -0.3 is 5.32 Å². The average Bonchev–Trinajstić information content (AvgIpc) is 2.38. The summed E-state index contributed by atoms with van der Waals surface area (Å²) >= 11 is 21.2. The van der Waals surface area contributed by atoms with E-state index in [9.17, 15) is 4.79 Å². The molecule has 0 spiro atoms. The second kappa shape index (κ2) is 6.14. The van der Waals surface area contributed by atoms with Gasteiger partial charge in [-0.1, -0.05) is 46.9 Å². The zero-order valence-electron chi connectivity index (χ0n) is 9.38. The van der Waals surface area contributed by atoms with Crippen LogP contribution in [0.1, 0.15) is 10.4 Å². The van der Waals surface area contributed by atoms with E-state index in [0.29, 0.717) is 30.8 Å². The van der Waals surface area contributed by atoms with E-state index in [0.717, 1.165) is 0 Å². The highest BCUT2D eigenvalue weighted by molar-refractivity contribution is 9.10. The van der Waals surface area contributed by atoms with Gasteiger partial charge in [0.05, 0.1) is 26.3 Å². The summed E-state index contributed by atoms with van der Waals surface area (Å²) < 4.78 is 0.652. The van der Waals surface area contributed by atoms with Crippen LogP contribution in [0.5, 0.6) is 0 Å². The molecule has 0 heterocycles. The first-order chi connectivity index (χ1) is 9.00. The fourth-order valence-corrected chi connectivity index (χ4v) is 2.39. The summed E-state index contributed by atoms with van der Waals surface area (Å²) in [6.45, 7) is 0. The lowest BCUT2D eigenvalue weighted by molar-refractivity contribution is 0.102. The van der Waals surface area contributed by atoms with Gasteiger partial charge in [0.15, 0.2) is 0 Å². The molecule has 98 valence electrons. The fraction of sp³-hybridized carbons (Fsp3) is 0. The molecule has 1 amide bonds. The molecule has 19 heavy (non-hydrogen) atoms. The number of carbonyl (C=O) groups excluding carboxylic acids is 1. The number of carbonyl (C=O) groups is 1. The molecule has 0 saturated heterocycles. The van der Waals surface area contributed by atoms with Crippen LogP contribution in [-0.2, 0) is 0 Å². The third-order valence-electron chi connectivity index (χ3n) is 2.40. The fourth-order valence-electron chi connectivity index (χ4n) is 1.47. The largest absolute Gasteiger partial charge is 0.321 e. The third-order valence-corrected chi connectivity index (χ3v) is 4.51. The van der Waals surface area contributed by atoms with E-state index in [2.05, 4.69) is 21.2 Å². The summed E-state index contributed by atoms with van der Waals surface area (Å²) in [5, 5.41) is 3.69. The number of anilines is 1. The SMILES string of the molecule is O=C(Nc1cccc(Cl)c1Cl)c1cccc(Br)c1Cl. The van der Waals surface area contributed by atoms with Gasteiger partial charge in [-0.3, -0.25) is 4.79 Å². The summed E-state index contributed by atoms with van der Waals surface area (Å²) in [6, 6.07) is 10.1. The Morgan fingerprint density at radius 2 is 1.68 bits per heavy atom. The number of rotatable bonds is 2. The maximum atomic E-state index is 12.1. The van der Waals surface area contributed by atoms with Crippen LogP contribution in [0.2, 0.25) is 15.1 Å². The van der Waals surface area contributed by atoms with Gasteiger partial charge in [0.1, 0.15) is 0 Å². The molecule has 2 rings (SSSR count). The van der Waals surface area contributed by atoms with Gasteiger partial charge in [0, 0.05) is 4.47 Å². The van der Waals surface area contributed by atoms with Gasteiger partial charge >= 0.3 is 0 Å². The van der Waals surface area contributed by atoms with Crippen LogP contribution < -0.4 is 5.32 Å². The van der Waals surface area contributed by atoms with Crippen molar-refractivity contribution in [2.24, 2.45) is 0 Å². The van der Waals surface area contributed by atoms with Crippen LogP contribution in [0.4, 0.5) is 5.69 Å². The monoisotopic (exact) mass is 377 g/mol. The molecule has 2 aromatic rings. The molecule has 2 aromatic carbocycles. The highest BCUT2D eigenvalue weighted by Gasteiger charge is 2.14. The molecule has 0 aliphatic rings. The van der Waals surface area contributed by atoms with Crippen molar-refractivity contribution in [1.29, 1.82) is 0 Å². The Morgan fingerprint density at radius 3 is 2.42 bits per heavy atom. The van der Waals surface area contributed by atoms with Gasteiger partial charge in [0.25, 0.3) is 5.91 Å². The number of hydrogen-bond donors (Lipinski definition) is 1. The predicted molar refractivity (Wildman–Crippen MR) is 83.6 cm³/mol. The van der Waals surface area contributed by atoms with Gasteiger partial charge in [0.2, 0.25) is 0 Å². The Hall–Kier alpha value is -0.740. The lowest BCUT2D eigenvalue weighted by Gasteiger charge is -2.09. The second-order valence-corrected chi connectivity index (χ2v) is 5.67. The van der Waals surface area contributed by atoms with Crippen LogP contribution in [0.3, 0.4) is 0 Å². The van der Waals surface area contributed by atoms with Gasteiger partial charge in [-0.2, -0.15) is 0 Å². The van der Waals surface area contributed by atoms with Gasteiger partial charge in [-0.25, -0.2) is 0 Å². The molecule has 0 unspecified atom stereocenters. The van der Waals surface area contributed by atoms with Crippen molar-refractivity contribution in [1.82, 2.24) is 0 Å². The highest BCUT2D eigenvalue weighted by Crippen LogP contribution is 2.31. The summed E-state index contributed by atoms with van der Waals surface area (Å²) in [4.78, 5) is 12.1. The Morgan fingerprint density at radius 1 is 1.00 bits per heavy atom. The highest BCUT2D eigenvalue weighted by atomic mass is 79.9. The van der Waals surface area contributed by atoms with Crippen LogP contribution in [0.25, 0.3) is 0 Å². The molecular formula is C13H7BrCl3NO. The molecule has 0 fully saturated rings. The molecule has 0 aliphatic heterocycles. The molecule has 0 radical (unpaired) electrons. The lowest BCUT2D eigenvalue weighted by atomic mass is 10.2. The van der Waals surface area contributed by atoms with Gasteiger partial charge in [-0.05, 0) is 40.2 Å². The van der Waals surface area contributed by atoms with Crippen molar-refractivity contribution < 1.29 is 4.79 Å². The molecule has 0 aromatic heterocycles. The molecule has 1 N–H and O–H groups in total. The molecule has 0 aliphatic carbocycles. The van der Waals surface area contributed by atoms with E-state index in [-0.39, 0.29) is 5.91 Å². The van der Waals surface area contributed by atoms with Crippen molar-refractivity contribution in [2.75, 3.05) is 5.32 Å². The summed E-state index contributed by atoms with van der Waals surface area (Å²) in [5.41, 5.74) is 0.794. The number of amides is 1. The zero-order chi connectivity index (χ0) is 14.0. The molecule has 0 saturated carbocycles. The molecule has 2 nitrogen and oxygen atoms in total. The number of benzene rings is 2. The molecular weight excluding hydrogens is 372 g/mol. The van der Waals surface area contributed by atoms with Crippen LogP contribution >= 0.6 is 50.7 Å². The maximum Gasteiger partial charge on any atom is 0.257 e. The van der Waals surface area contributed by atoms with Crippen molar-refractivity contribution in [3.05, 3.63) is 61.5 Å². The second-order valence-electron chi connectivity index (χ2n) is 3.66. The number of halogens is 4. The minimum atomic E-state index is -0.351. The van der Waals surface area contributed by atoms with Crippen molar-refractivity contribution in [3.63, 3.8) is 0 Å². The molecule has 6 heteroatoms. The summed E-state index contributed by atoms with van der Waals surface area (Å²) in [7, 11) is 0. The van der Waals surface area contributed by atoms with E-state index in [1.807, 2.05) is 0 Å². The van der Waals surface area contributed by atoms with Crippen molar-refractivity contribution in [2.45, 2.75) is 0 Å². The first-order valence-electron chi connectivity index (χ1n) is 5.20. The predicted octanol–water partition coefficient (Wildman–Crippen LogP) is 5.66. The van der Waals surface area contributed by atoms with Gasteiger partial charge in [-0.15, -0.1) is 0 Å². The lowest BCUT2D eigenvalue weighted by Crippen LogP contribution is -2.13. The Labute approximate surface area is 133 Å². The number of hydrogen-bond acceptors (Lipinski definition) is 1. The van der Waals surface area contributed by atoms with Crippen LogP contribution in [0.15, 0.2) is 40.9 Å². The van der Waals surface area contributed by atoms with E-state index < -0.39 is 0 Å². The molecule has 0 atom stereocenters. The van der Waals surface area contributed by atoms with Crippen LogP contribution in [0, 0.1) is 0 Å². The Kier molecular flexibility index (Phi) is 4.74. The first-order valence-corrected chi connectivity index (χ1v) is 7.12. The Balaban J connectivity index is 2.31. The van der Waals surface area contributed by atoms with Crippen molar-refractivity contribution in [3.8, 4) is 0 Å². The Bertz CT molecular complexity index is 646. The average molecular weight is 379 g/mol. The maximum absolute atomic E-state index is 12.1. The first kappa shape index (κ1) is 14.7. The number of nitrogens with one attached hydrogen (secondary N) is 1. The smallest absolute Gasteiger partial charge is 0.257 e. The van der Waals surface area contributed by atoms with E-state index in [1.165, 1.54) is 0 Å². The van der Waals surface area contributed by atoms with Crippen LogP contribution in [-0.4, -0.2) is 5.91 Å². The normalized spacial score (nSPS) is 10.3. The van der Waals surface area contributed by atoms with E-state index in [4.69, 9.17) is 34.8 Å². The molecule has 0 bridgehead atoms. The minimum Gasteiger partial charge on any atom is -0.321 e. The minimum absolute atomic E-state index is 0.295. The standard InChI is InChI=1S/C13H7BrCl3NO/c14-8-4-1-3-7(11(8)16)13(19)18-10-6-2-5-9(15)12(10)17/h1-6H,(H,18,19). The quantitative estimate of drug-likeness (QED) is 0.716. The third kappa shape index (κ3) is 3.23. The van der Waals surface area contributed by atoms with E-state index >= 15 is 0 Å². The van der Waals surface area contributed by atoms with E-state index in [1.54, 1.807) is 36.4 Å².